The van der Waals surface area contributed by atoms with Gasteiger partial charge in [-0.2, -0.15) is 0 Å². The van der Waals surface area contributed by atoms with Crippen molar-refractivity contribution in [1.82, 2.24) is 4.98 Å². The Bertz CT molecular complexity index is 1490. The second kappa shape index (κ2) is 8.56. The Kier molecular flexibility index (Phi) is 5.38. The van der Waals surface area contributed by atoms with Crippen LogP contribution in [0.1, 0.15) is 41.3 Å². The Morgan fingerprint density at radius 1 is 1.21 bits per heavy atom. The molecule has 5 aromatic rings. The molecule has 0 saturated heterocycles. The van der Waals surface area contributed by atoms with Gasteiger partial charge >= 0.3 is 0 Å². The number of benzene rings is 2. The van der Waals surface area contributed by atoms with E-state index in [1.54, 1.807) is 28.7 Å². The molecule has 0 spiro atoms. The lowest BCUT2D eigenvalue weighted by molar-refractivity contribution is 0.0999. The molecule has 0 bridgehead atoms. The third kappa shape index (κ3) is 3.69. The molecule has 2 aromatic carbocycles. The molecular weight excluding hydrogens is 464 g/mol. The number of anilines is 1. The summed E-state index contributed by atoms with van der Waals surface area (Å²) in [6.07, 6.45) is 3.20. The minimum Gasteiger partial charge on any atom is -0.490 e. The Balaban J connectivity index is 1.41. The molecular formula is C27H24N2O3S2. The molecule has 1 aliphatic carbocycles. The van der Waals surface area contributed by atoms with E-state index in [1.165, 1.54) is 10.4 Å². The monoisotopic (exact) mass is 488 g/mol. The predicted octanol–water partition coefficient (Wildman–Crippen LogP) is 7.55. The first-order chi connectivity index (χ1) is 16.6. The average molecular weight is 489 g/mol. The molecule has 1 atom stereocenters. The Morgan fingerprint density at radius 3 is 2.94 bits per heavy atom. The molecule has 0 aliphatic heterocycles. The zero-order valence-corrected chi connectivity index (χ0v) is 20.6. The van der Waals surface area contributed by atoms with E-state index < -0.39 is 0 Å². The van der Waals surface area contributed by atoms with E-state index in [0.29, 0.717) is 23.9 Å². The fourth-order valence-electron chi connectivity index (χ4n) is 4.63. The molecule has 1 amide bonds. The van der Waals surface area contributed by atoms with Crippen LogP contribution in [0.5, 0.6) is 5.75 Å². The van der Waals surface area contributed by atoms with Crippen molar-refractivity contribution in [2.45, 2.75) is 33.1 Å². The van der Waals surface area contributed by atoms with Crippen molar-refractivity contribution in [3.63, 3.8) is 0 Å². The van der Waals surface area contributed by atoms with E-state index in [1.807, 2.05) is 43.3 Å². The molecule has 0 saturated carbocycles. The third-order valence-corrected chi connectivity index (χ3v) is 8.50. The summed E-state index contributed by atoms with van der Waals surface area (Å²) < 4.78 is 12.8. The number of fused-ring (bicyclic) bond motifs is 3. The van der Waals surface area contributed by atoms with Crippen molar-refractivity contribution >= 4 is 54.8 Å². The SMILES string of the molecule is CCOc1cccc2cc(C(=O)Nc3sc4c(c3-c3nc5ccccc5s3)CC[C@@H](C)C4)oc12. The van der Waals surface area contributed by atoms with Gasteiger partial charge in [-0.3, -0.25) is 4.79 Å². The maximum atomic E-state index is 13.3. The second-order valence-corrected chi connectivity index (χ2v) is 10.9. The van der Waals surface area contributed by atoms with Gasteiger partial charge in [-0.25, -0.2) is 4.98 Å². The summed E-state index contributed by atoms with van der Waals surface area (Å²) in [5.74, 6) is 1.31. The molecule has 6 rings (SSSR count). The lowest BCUT2D eigenvalue weighted by Crippen LogP contribution is -2.11. The van der Waals surface area contributed by atoms with E-state index in [-0.39, 0.29) is 11.7 Å². The number of para-hydroxylation sites is 2. The van der Waals surface area contributed by atoms with Gasteiger partial charge in [-0.1, -0.05) is 31.2 Å². The number of ether oxygens (including phenoxy) is 1. The van der Waals surface area contributed by atoms with Crippen LogP contribution in [0, 0.1) is 5.92 Å². The molecule has 0 unspecified atom stereocenters. The zero-order valence-electron chi connectivity index (χ0n) is 19.0. The number of carbonyl (C=O) groups excluding carboxylic acids is 1. The number of nitrogens with one attached hydrogen (secondary N) is 1. The van der Waals surface area contributed by atoms with Gasteiger partial charge in [0.25, 0.3) is 5.91 Å². The van der Waals surface area contributed by atoms with Crippen LogP contribution in [-0.2, 0) is 12.8 Å². The quantitative estimate of drug-likeness (QED) is 0.277. The van der Waals surface area contributed by atoms with Crippen molar-refractivity contribution in [2.24, 2.45) is 5.92 Å². The smallest absolute Gasteiger partial charge is 0.292 e. The molecule has 3 heterocycles. The van der Waals surface area contributed by atoms with Gasteiger partial charge in [-0.05, 0) is 61.9 Å². The van der Waals surface area contributed by atoms with E-state index in [9.17, 15) is 4.79 Å². The predicted molar refractivity (Wildman–Crippen MR) is 139 cm³/mol. The highest BCUT2D eigenvalue weighted by atomic mass is 32.1. The number of amides is 1. The fraction of sp³-hybridized carbons (Fsp3) is 0.259. The van der Waals surface area contributed by atoms with E-state index in [4.69, 9.17) is 14.1 Å². The normalized spacial score (nSPS) is 15.5. The Morgan fingerprint density at radius 2 is 2.09 bits per heavy atom. The van der Waals surface area contributed by atoms with Gasteiger partial charge in [0.1, 0.15) is 10.0 Å². The van der Waals surface area contributed by atoms with E-state index in [2.05, 4.69) is 18.3 Å². The van der Waals surface area contributed by atoms with Gasteiger partial charge in [0.2, 0.25) is 0 Å². The highest BCUT2D eigenvalue weighted by Gasteiger charge is 2.28. The Hall–Kier alpha value is -3.16. The number of thiazole rings is 1. The van der Waals surface area contributed by atoms with Crippen molar-refractivity contribution in [1.29, 1.82) is 0 Å². The number of rotatable bonds is 5. The van der Waals surface area contributed by atoms with Gasteiger partial charge in [0.05, 0.1) is 16.8 Å². The number of hydrogen-bond acceptors (Lipinski definition) is 6. The standard InChI is InChI=1S/C27H24N2O3S2/c1-3-31-19-9-6-7-16-14-20(32-24(16)19)25(30)29-27-23(17-12-11-15(2)13-22(17)34-27)26-28-18-8-4-5-10-21(18)33-26/h4-10,14-15H,3,11-13H2,1-2H3,(H,29,30)/t15-/m1/s1. The number of furan rings is 1. The van der Waals surface area contributed by atoms with Gasteiger partial charge < -0.3 is 14.5 Å². The number of hydrogen-bond donors (Lipinski definition) is 1. The van der Waals surface area contributed by atoms with Crippen LogP contribution < -0.4 is 10.1 Å². The first-order valence-electron chi connectivity index (χ1n) is 11.6. The summed E-state index contributed by atoms with van der Waals surface area (Å²) in [4.78, 5) is 19.6. The molecule has 0 radical (unpaired) electrons. The lowest BCUT2D eigenvalue weighted by atomic mass is 9.88. The summed E-state index contributed by atoms with van der Waals surface area (Å²) >= 11 is 3.36. The molecule has 34 heavy (non-hydrogen) atoms. The number of nitrogens with zero attached hydrogens (tertiary/aromatic N) is 1. The van der Waals surface area contributed by atoms with Crippen LogP contribution in [0.2, 0.25) is 0 Å². The topological polar surface area (TPSA) is 64.4 Å². The first kappa shape index (κ1) is 21.4. The van der Waals surface area contributed by atoms with Gasteiger partial charge in [0.15, 0.2) is 17.1 Å². The Labute approximate surface area is 205 Å². The zero-order chi connectivity index (χ0) is 23.2. The van der Waals surface area contributed by atoms with Crippen LogP contribution in [0.4, 0.5) is 5.00 Å². The lowest BCUT2D eigenvalue weighted by Gasteiger charge is -2.18. The maximum absolute atomic E-state index is 13.3. The first-order valence-corrected chi connectivity index (χ1v) is 13.2. The minimum absolute atomic E-state index is 0.257. The summed E-state index contributed by atoms with van der Waals surface area (Å²) in [7, 11) is 0. The second-order valence-electron chi connectivity index (χ2n) is 8.71. The molecule has 0 fully saturated rings. The molecule has 7 heteroatoms. The van der Waals surface area contributed by atoms with Gasteiger partial charge in [-0.15, -0.1) is 22.7 Å². The van der Waals surface area contributed by atoms with Crippen LogP contribution in [0.15, 0.2) is 52.9 Å². The minimum atomic E-state index is -0.257. The third-order valence-electron chi connectivity index (χ3n) is 6.28. The van der Waals surface area contributed by atoms with Crippen LogP contribution in [-0.4, -0.2) is 17.5 Å². The molecule has 172 valence electrons. The number of thiophene rings is 1. The molecule has 1 aliphatic rings. The van der Waals surface area contributed by atoms with E-state index >= 15 is 0 Å². The molecule has 1 N–H and O–H groups in total. The highest BCUT2D eigenvalue weighted by Crippen LogP contribution is 2.47. The van der Waals surface area contributed by atoms with Crippen molar-refractivity contribution < 1.29 is 13.9 Å². The highest BCUT2D eigenvalue weighted by molar-refractivity contribution is 7.23. The van der Waals surface area contributed by atoms with Crippen molar-refractivity contribution in [2.75, 3.05) is 11.9 Å². The summed E-state index contributed by atoms with van der Waals surface area (Å²) in [6.45, 7) is 4.76. The summed E-state index contributed by atoms with van der Waals surface area (Å²) in [5.41, 5.74) is 4.00. The summed E-state index contributed by atoms with van der Waals surface area (Å²) in [6, 6.07) is 15.7. The molecule has 3 aromatic heterocycles. The van der Waals surface area contributed by atoms with Crippen molar-refractivity contribution in [3.05, 3.63) is 64.7 Å². The fourth-order valence-corrected chi connectivity index (χ4v) is 7.14. The number of aromatic nitrogens is 1. The largest absolute Gasteiger partial charge is 0.490 e. The number of carbonyl (C=O) groups is 1. The van der Waals surface area contributed by atoms with Crippen LogP contribution >= 0.6 is 22.7 Å². The van der Waals surface area contributed by atoms with E-state index in [0.717, 1.165) is 50.4 Å². The summed E-state index contributed by atoms with van der Waals surface area (Å²) in [5, 5.41) is 5.83. The van der Waals surface area contributed by atoms with Crippen molar-refractivity contribution in [3.8, 4) is 16.3 Å². The maximum Gasteiger partial charge on any atom is 0.292 e. The van der Waals surface area contributed by atoms with Crippen LogP contribution in [0.3, 0.4) is 0 Å². The van der Waals surface area contributed by atoms with Gasteiger partial charge in [0, 0.05) is 15.8 Å². The molecule has 5 nitrogen and oxygen atoms in total. The van der Waals surface area contributed by atoms with Crippen LogP contribution in [0.25, 0.3) is 31.8 Å². The average Bonchev–Trinajstić information content (AvgIpc) is 3.53.